The predicted octanol–water partition coefficient (Wildman–Crippen LogP) is 3.46. The summed E-state index contributed by atoms with van der Waals surface area (Å²) in [5, 5.41) is 9.87. The van der Waals surface area contributed by atoms with Gasteiger partial charge in [0.2, 0.25) is 0 Å². The number of rotatable bonds is 1. The van der Waals surface area contributed by atoms with E-state index in [0.717, 1.165) is 54.6 Å². The number of para-hydroxylation sites is 2. The van der Waals surface area contributed by atoms with Crippen molar-refractivity contribution in [3.05, 3.63) is 41.0 Å². The van der Waals surface area contributed by atoms with E-state index in [0.29, 0.717) is 0 Å². The molecule has 0 amide bonds. The van der Waals surface area contributed by atoms with E-state index in [1.54, 1.807) is 0 Å². The van der Waals surface area contributed by atoms with Crippen LogP contribution in [0.15, 0.2) is 24.3 Å². The summed E-state index contributed by atoms with van der Waals surface area (Å²) in [5.41, 5.74) is 6.12. The topological polar surface area (TPSA) is 53.6 Å². The number of ether oxygens (including phenoxy) is 1. The van der Waals surface area contributed by atoms with Crippen molar-refractivity contribution in [2.75, 3.05) is 18.0 Å². The summed E-state index contributed by atoms with van der Waals surface area (Å²) in [5.74, 6) is 1.22. The van der Waals surface area contributed by atoms with Crippen LogP contribution in [0.25, 0.3) is 16.7 Å². The van der Waals surface area contributed by atoms with Crippen LogP contribution in [-0.4, -0.2) is 34.7 Å². The maximum Gasteiger partial charge on any atom is 0.157 e. The number of benzene rings is 1. The second-order valence-electron chi connectivity index (χ2n) is 7.54. The molecule has 1 aliphatic carbocycles. The average Bonchev–Trinajstić information content (AvgIpc) is 3.23. The molecule has 2 aliphatic rings. The fourth-order valence-corrected chi connectivity index (χ4v) is 4.74. The highest BCUT2D eigenvalue weighted by molar-refractivity contribution is 5.86. The second-order valence-corrected chi connectivity index (χ2v) is 7.54. The lowest BCUT2D eigenvalue weighted by atomic mass is 10.0. The van der Waals surface area contributed by atoms with Gasteiger partial charge < -0.3 is 9.64 Å². The van der Waals surface area contributed by atoms with E-state index < -0.39 is 0 Å². The van der Waals surface area contributed by atoms with Crippen molar-refractivity contribution in [3.63, 3.8) is 0 Å². The molecule has 2 unspecified atom stereocenters. The number of morpholine rings is 1. The lowest BCUT2D eigenvalue weighted by molar-refractivity contribution is -0.00554. The van der Waals surface area contributed by atoms with Crippen LogP contribution in [-0.2, 0) is 17.6 Å². The maximum absolute atomic E-state index is 9.87. The highest BCUT2D eigenvalue weighted by atomic mass is 16.5. The molecule has 1 saturated heterocycles. The van der Waals surface area contributed by atoms with E-state index in [1.165, 1.54) is 16.9 Å². The molecule has 5 rings (SSSR count). The van der Waals surface area contributed by atoms with E-state index in [1.807, 2.05) is 18.2 Å². The third-order valence-electron chi connectivity index (χ3n) is 5.62. The first-order valence-corrected chi connectivity index (χ1v) is 9.42. The number of nitrogens with zero attached hydrogens (tertiary/aromatic N) is 4. The zero-order valence-electron chi connectivity index (χ0n) is 15.2. The third-order valence-corrected chi connectivity index (χ3v) is 5.62. The maximum atomic E-state index is 9.87. The van der Waals surface area contributed by atoms with Gasteiger partial charge in [0.05, 0.1) is 28.8 Å². The van der Waals surface area contributed by atoms with Gasteiger partial charge in [-0.05, 0) is 56.4 Å². The van der Waals surface area contributed by atoms with E-state index in [2.05, 4.69) is 35.3 Å². The molecule has 2 atom stereocenters. The summed E-state index contributed by atoms with van der Waals surface area (Å²) in [6, 6.07) is 10.6. The Kier molecular flexibility index (Phi) is 3.44. The molecule has 0 radical (unpaired) electrons. The quantitative estimate of drug-likeness (QED) is 0.677. The lowest BCUT2D eigenvalue weighted by Gasteiger charge is -2.38. The molecule has 0 N–H and O–H groups in total. The highest BCUT2D eigenvalue weighted by Crippen LogP contribution is 2.38. The first kappa shape index (κ1) is 15.7. The Morgan fingerprint density at radius 3 is 2.62 bits per heavy atom. The first-order chi connectivity index (χ1) is 12.7. The van der Waals surface area contributed by atoms with Crippen molar-refractivity contribution in [2.45, 2.75) is 45.3 Å². The minimum Gasteiger partial charge on any atom is -0.372 e. The number of anilines is 1. The summed E-state index contributed by atoms with van der Waals surface area (Å²) in [4.78, 5) is 7.29. The number of hydrogen-bond acceptors (Lipinski definition) is 4. The number of imidazole rings is 1. The van der Waals surface area contributed by atoms with Crippen molar-refractivity contribution in [3.8, 4) is 6.07 Å². The van der Waals surface area contributed by atoms with Crippen LogP contribution < -0.4 is 4.90 Å². The highest BCUT2D eigenvalue weighted by Gasteiger charge is 2.31. The standard InChI is InChI=1S/C21H22N4O/c1-13-11-24(12-14(2)26-13)21-16-7-5-6-15(16)17(10-22)20-23-18-8-3-4-9-19(18)25(20)21/h3-4,8-9,13-14H,5-7,11-12H2,1-2H3. The number of aromatic nitrogens is 2. The molecular weight excluding hydrogens is 324 g/mol. The summed E-state index contributed by atoms with van der Waals surface area (Å²) >= 11 is 0. The molecule has 1 fully saturated rings. The smallest absolute Gasteiger partial charge is 0.157 e. The molecule has 2 aromatic heterocycles. The van der Waals surface area contributed by atoms with Crippen LogP contribution >= 0.6 is 0 Å². The normalized spacial score (nSPS) is 22.7. The second kappa shape index (κ2) is 5.72. The molecule has 0 spiro atoms. The molecule has 3 heterocycles. The molecule has 132 valence electrons. The third kappa shape index (κ3) is 2.15. The molecule has 0 saturated carbocycles. The Hall–Kier alpha value is -2.58. The van der Waals surface area contributed by atoms with Gasteiger partial charge in [0, 0.05) is 13.1 Å². The molecule has 0 bridgehead atoms. The van der Waals surface area contributed by atoms with E-state index >= 15 is 0 Å². The molecular formula is C21H22N4O. The zero-order valence-corrected chi connectivity index (χ0v) is 15.2. The van der Waals surface area contributed by atoms with E-state index in [-0.39, 0.29) is 12.2 Å². The van der Waals surface area contributed by atoms with Crippen molar-refractivity contribution in [1.29, 1.82) is 5.26 Å². The molecule has 5 heteroatoms. The Morgan fingerprint density at radius 2 is 1.85 bits per heavy atom. The van der Waals surface area contributed by atoms with Crippen molar-refractivity contribution >= 4 is 22.5 Å². The summed E-state index contributed by atoms with van der Waals surface area (Å²) in [6.07, 6.45) is 3.49. The van der Waals surface area contributed by atoms with E-state index in [9.17, 15) is 5.26 Å². The van der Waals surface area contributed by atoms with Gasteiger partial charge in [0.25, 0.3) is 0 Å². The lowest BCUT2D eigenvalue weighted by Crippen LogP contribution is -2.46. The predicted molar refractivity (Wildman–Crippen MR) is 102 cm³/mol. The monoisotopic (exact) mass is 346 g/mol. The van der Waals surface area contributed by atoms with Gasteiger partial charge in [0.1, 0.15) is 11.9 Å². The van der Waals surface area contributed by atoms with Crippen molar-refractivity contribution in [1.82, 2.24) is 9.38 Å². The Labute approximate surface area is 152 Å². The zero-order chi connectivity index (χ0) is 17.8. The van der Waals surface area contributed by atoms with Gasteiger partial charge in [-0.1, -0.05) is 12.1 Å². The molecule has 1 aliphatic heterocycles. The molecule has 1 aromatic carbocycles. The number of nitriles is 1. The van der Waals surface area contributed by atoms with Gasteiger partial charge in [-0.15, -0.1) is 0 Å². The minimum atomic E-state index is 0.191. The Balaban J connectivity index is 1.88. The van der Waals surface area contributed by atoms with Crippen LogP contribution in [0.1, 0.15) is 37.0 Å². The number of fused-ring (bicyclic) bond motifs is 4. The van der Waals surface area contributed by atoms with Gasteiger partial charge >= 0.3 is 0 Å². The Bertz CT molecular complexity index is 1050. The van der Waals surface area contributed by atoms with Crippen LogP contribution in [0.4, 0.5) is 5.82 Å². The van der Waals surface area contributed by atoms with Crippen LogP contribution in [0.2, 0.25) is 0 Å². The largest absolute Gasteiger partial charge is 0.372 e. The minimum absolute atomic E-state index is 0.191. The van der Waals surface area contributed by atoms with Crippen LogP contribution in [0, 0.1) is 11.3 Å². The molecule has 3 aromatic rings. The molecule has 5 nitrogen and oxygen atoms in total. The van der Waals surface area contributed by atoms with Gasteiger partial charge in [-0.3, -0.25) is 4.40 Å². The fourth-order valence-electron chi connectivity index (χ4n) is 4.74. The summed E-state index contributed by atoms with van der Waals surface area (Å²) in [7, 11) is 0. The fraction of sp³-hybridized carbons (Fsp3) is 0.429. The van der Waals surface area contributed by atoms with E-state index in [4.69, 9.17) is 9.72 Å². The summed E-state index contributed by atoms with van der Waals surface area (Å²) in [6.45, 7) is 6.00. The van der Waals surface area contributed by atoms with Gasteiger partial charge in [-0.2, -0.15) is 5.26 Å². The Morgan fingerprint density at radius 1 is 1.12 bits per heavy atom. The van der Waals surface area contributed by atoms with Crippen LogP contribution in [0.5, 0.6) is 0 Å². The first-order valence-electron chi connectivity index (χ1n) is 9.42. The van der Waals surface area contributed by atoms with Crippen molar-refractivity contribution in [2.24, 2.45) is 0 Å². The summed E-state index contributed by atoms with van der Waals surface area (Å²) < 4.78 is 8.19. The van der Waals surface area contributed by atoms with Crippen molar-refractivity contribution < 1.29 is 4.74 Å². The number of pyridine rings is 1. The average molecular weight is 346 g/mol. The SMILES string of the molecule is CC1CN(c2c3c(c(C#N)c4nc5ccccc5n24)CCC3)CC(C)O1. The van der Waals surface area contributed by atoms with Gasteiger partial charge in [-0.25, -0.2) is 4.98 Å². The van der Waals surface area contributed by atoms with Gasteiger partial charge in [0.15, 0.2) is 5.65 Å². The van der Waals surface area contributed by atoms with Crippen LogP contribution in [0.3, 0.4) is 0 Å². The molecule has 26 heavy (non-hydrogen) atoms. The number of hydrogen-bond donors (Lipinski definition) is 0.